The summed E-state index contributed by atoms with van der Waals surface area (Å²) < 4.78 is 0. The zero-order valence-electron chi connectivity index (χ0n) is 14.8. The number of benzene rings is 1. The van der Waals surface area contributed by atoms with Gasteiger partial charge in [-0.1, -0.05) is 23.7 Å². The fraction of sp³-hybridized carbons (Fsp3) is 0.474. The number of aromatic nitrogens is 2. The van der Waals surface area contributed by atoms with Crippen molar-refractivity contribution in [3.8, 4) is 0 Å². The molecule has 0 aliphatic carbocycles. The molecule has 0 spiro atoms. The zero-order valence-corrected chi connectivity index (χ0v) is 15.6. The summed E-state index contributed by atoms with van der Waals surface area (Å²) in [7, 11) is 3.96. The van der Waals surface area contributed by atoms with Crippen LogP contribution in [0.15, 0.2) is 36.7 Å². The first-order valence-corrected chi connectivity index (χ1v) is 8.99. The predicted molar refractivity (Wildman–Crippen MR) is 102 cm³/mol. The molecule has 0 atom stereocenters. The molecule has 134 valence electrons. The van der Waals surface area contributed by atoms with Gasteiger partial charge in [-0.05, 0) is 37.0 Å². The maximum atomic E-state index is 10.1. The Balaban J connectivity index is 1.72. The molecule has 1 aliphatic rings. The van der Waals surface area contributed by atoms with E-state index in [1.807, 2.05) is 31.1 Å². The summed E-state index contributed by atoms with van der Waals surface area (Å²) in [5, 5.41) is 10.8. The van der Waals surface area contributed by atoms with E-state index >= 15 is 0 Å². The highest BCUT2D eigenvalue weighted by Crippen LogP contribution is 2.37. The number of nitrogens with zero attached hydrogens (tertiary/aromatic N) is 4. The number of piperidine rings is 1. The molecule has 0 bridgehead atoms. The quantitative estimate of drug-likeness (QED) is 0.888. The van der Waals surface area contributed by atoms with Gasteiger partial charge in [-0.15, -0.1) is 0 Å². The van der Waals surface area contributed by atoms with Crippen molar-refractivity contribution in [2.75, 3.05) is 43.6 Å². The third-order valence-corrected chi connectivity index (χ3v) is 5.29. The van der Waals surface area contributed by atoms with E-state index in [4.69, 9.17) is 11.6 Å². The first kappa shape index (κ1) is 18.0. The Hall–Kier alpha value is -1.85. The Kier molecular flexibility index (Phi) is 5.45. The zero-order chi connectivity index (χ0) is 17.9. The maximum Gasteiger partial charge on any atom is 0.171 e. The number of aliphatic hydroxyl groups excluding tert-OH is 1. The largest absolute Gasteiger partial charge is 0.396 e. The summed E-state index contributed by atoms with van der Waals surface area (Å²) in [6.45, 7) is 1.94. The van der Waals surface area contributed by atoms with Crippen molar-refractivity contribution in [3.05, 3.63) is 47.2 Å². The molecule has 2 heterocycles. The van der Waals surface area contributed by atoms with Crippen molar-refractivity contribution in [2.45, 2.75) is 19.3 Å². The molecule has 0 unspecified atom stereocenters. The van der Waals surface area contributed by atoms with Gasteiger partial charge < -0.3 is 14.9 Å². The molecule has 1 aromatic heterocycles. The van der Waals surface area contributed by atoms with Crippen molar-refractivity contribution < 1.29 is 5.11 Å². The van der Waals surface area contributed by atoms with E-state index in [0.29, 0.717) is 0 Å². The van der Waals surface area contributed by atoms with Crippen molar-refractivity contribution in [1.29, 1.82) is 0 Å². The Morgan fingerprint density at radius 1 is 1.12 bits per heavy atom. The number of hydrogen-bond acceptors (Lipinski definition) is 5. The van der Waals surface area contributed by atoms with Crippen molar-refractivity contribution in [2.24, 2.45) is 5.41 Å². The summed E-state index contributed by atoms with van der Waals surface area (Å²) in [5.74, 6) is 1.81. The Labute approximate surface area is 154 Å². The normalized spacial score (nSPS) is 16.7. The van der Waals surface area contributed by atoms with Gasteiger partial charge in [0, 0.05) is 56.6 Å². The summed E-state index contributed by atoms with van der Waals surface area (Å²) >= 11 is 5.98. The molecule has 2 aromatic rings. The van der Waals surface area contributed by atoms with Crippen LogP contribution in [0.2, 0.25) is 5.02 Å². The lowest BCUT2D eigenvalue weighted by Gasteiger charge is -2.42. The van der Waals surface area contributed by atoms with Gasteiger partial charge in [0.1, 0.15) is 0 Å². The molecule has 1 saturated heterocycles. The van der Waals surface area contributed by atoms with Gasteiger partial charge >= 0.3 is 0 Å². The predicted octanol–water partition coefficient (Wildman–Crippen LogP) is 3.02. The number of hydrogen-bond donors (Lipinski definition) is 1. The lowest BCUT2D eigenvalue weighted by Crippen LogP contribution is -2.44. The van der Waals surface area contributed by atoms with Gasteiger partial charge in [-0.3, -0.25) is 0 Å². The van der Waals surface area contributed by atoms with Crippen LogP contribution in [0.5, 0.6) is 0 Å². The molecule has 0 saturated carbocycles. The maximum absolute atomic E-state index is 10.1. The van der Waals surface area contributed by atoms with Crippen LogP contribution in [-0.4, -0.2) is 48.9 Å². The van der Waals surface area contributed by atoms with Crippen LogP contribution >= 0.6 is 11.6 Å². The summed E-state index contributed by atoms with van der Waals surface area (Å²) in [5.41, 5.74) is 1.14. The van der Waals surface area contributed by atoms with Gasteiger partial charge in [0.25, 0.3) is 0 Å². The van der Waals surface area contributed by atoms with Crippen molar-refractivity contribution in [1.82, 2.24) is 9.97 Å². The van der Waals surface area contributed by atoms with Crippen LogP contribution < -0.4 is 9.80 Å². The standard InChI is InChI=1S/C19H25ClN4O/c1-23(2)17-18(22-10-9-21-17)24-11-7-19(14-25,8-12-24)13-15-3-5-16(20)6-4-15/h3-6,9-10,25H,7-8,11-14H2,1-2H3. The van der Waals surface area contributed by atoms with E-state index in [9.17, 15) is 5.11 Å². The highest BCUT2D eigenvalue weighted by molar-refractivity contribution is 6.30. The van der Waals surface area contributed by atoms with Crippen LogP contribution in [0.1, 0.15) is 18.4 Å². The first-order valence-electron chi connectivity index (χ1n) is 8.62. The minimum Gasteiger partial charge on any atom is -0.396 e. The summed E-state index contributed by atoms with van der Waals surface area (Å²) in [6.07, 6.45) is 6.19. The summed E-state index contributed by atoms with van der Waals surface area (Å²) in [4.78, 5) is 13.2. The molecular formula is C19H25ClN4O. The monoisotopic (exact) mass is 360 g/mol. The second kappa shape index (κ2) is 7.58. The average Bonchev–Trinajstić information content (AvgIpc) is 2.64. The van der Waals surface area contributed by atoms with Crippen LogP contribution in [-0.2, 0) is 6.42 Å². The first-order chi connectivity index (χ1) is 12.0. The van der Waals surface area contributed by atoms with Crippen LogP contribution in [0.4, 0.5) is 11.6 Å². The molecule has 25 heavy (non-hydrogen) atoms. The molecule has 1 fully saturated rings. The van der Waals surface area contributed by atoms with Crippen molar-refractivity contribution in [3.63, 3.8) is 0 Å². The minimum atomic E-state index is -0.0786. The Bertz CT molecular complexity index is 697. The fourth-order valence-electron chi connectivity index (χ4n) is 3.48. The topological polar surface area (TPSA) is 52.5 Å². The molecular weight excluding hydrogens is 336 g/mol. The fourth-order valence-corrected chi connectivity index (χ4v) is 3.61. The van der Waals surface area contributed by atoms with Gasteiger partial charge in [0.2, 0.25) is 0 Å². The molecule has 5 nitrogen and oxygen atoms in total. The van der Waals surface area contributed by atoms with Crippen LogP contribution in [0, 0.1) is 5.41 Å². The highest BCUT2D eigenvalue weighted by atomic mass is 35.5. The molecule has 1 aromatic carbocycles. The minimum absolute atomic E-state index is 0.0786. The smallest absolute Gasteiger partial charge is 0.171 e. The number of halogens is 1. The lowest BCUT2D eigenvalue weighted by atomic mass is 9.74. The second-order valence-electron chi connectivity index (χ2n) is 7.05. The molecule has 1 N–H and O–H groups in total. The van der Waals surface area contributed by atoms with Gasteiger partial charge in [0.15, 0.2) is 11.6 Å². The third kappa shape index (κ3) is 4.05. The van der Waals surface area contributed by atoms with E-state index in [-0.39, 0.29) is 12.0 Å². The van der Waals surface area contributed by atoms with Gasteiger partial charge in [-0.2, -0.15) is 0 Å². The van der Waals surface area contributed by atoms with Gasteiger partial charge in [-0.25, -0.2) is 9.97 Å². The molecule has 0 amide bonds. The van der Waals surface area contributed by atoms with E-state index in [1.165, 1.54) is 5.56 Å². The Morgan fingerprint density at radius 3 is 2.36 bits per heavy atom. The second-order valence-corrected chi connectivity index (χ2v) is 7.48. The third-order valence-electron chi connectivity index (χ3n) is 5.04. The van der Waals surface area contributed by atoms with E-state index in [0.717, 1.165) is 49.0 Å². The number of aliphatic hydroxyl groups is 1. The summed E-state index contributed by atoms with van der Waals surface area (Å²) in [6, 6.07) is 7.94. The molecule has 6 heteroatoms. The van der Waals surface area contributed by atoms with Crippen molar-refractivity contribution >= 4 is 23.2 Å². The highest BCUT2D eigenvalue weighted by Gasteiger charge is 2.35. The van der Waals surface area contributed by atoms with Crippen LogP contribution in [0.25, 0.3) is 0 Å². The van der Waals surface area contributed by atoms with Crippen LogP contribution in [0.3, 0.4) is 0 Å². The Morgan fingerprint density at radius 2 is 1.76 bits per heavy atom. The van der Waals surface area contributed by atoms with E-state index < -0.39 is 0 Å². The van der Waals surface area contributed by atoms with E-state index in [2.05, 4.69) is 27.0 Å². The number of anilines is 2. The molecule has 0 radical (unpaired) electrons. The molecule has 1 aliphatic heterocycles. The molecule has 3 rings (SSSR count). The van der Waals surface area contributed by atoms with Gasteiger partial charge in [0.05, 0.1) is 0 Å². The SMILES string of the molecule is CN(C)c1nccnc1N1CCC(CO)(Cc2ccc(Cl)cc2)CC1. The van der Waals surface area contributed by atoms with E-state index in [1.54, 1.807) is 12.4 Å². The average molecular weight is 361 g/mol. The number of rotatable bonds is 5. The lowest BCUT2D eigenvalue weighted by molar-refractivity contribution is 0.0961.